The van der Waals surface area contributed by atoms with Crippen molar-refractivity contribution >= 4 is 11.3 Å². The molecule has 2 unspecified atom stereocenters. The summed E-state index contributed by atoms with van der Waals surface area (Å²) in [7, 11) is 0. The summed E-state index contributed by atoms with van der Waals surface area (Å²) in [4.78, 5) is 5.53. The van der Waals surface area contributed by atoms with Gasteiger partial charge in [0.05, 0.1) is 11.2 Å². The largest absolute Gasteiger partial charge is 0.368 e. The lowest BCUT2D eigenvalue weighted by atomic mass is 10.2. The lowest BCUT2D eigenvalue weighted by molar-refractivity contribution is -0.109. The highest BCUT2D eigenvalue weighted by molar-refractivity contribution is 7.09. The van der Waals surface area contributed by atoms with E-state index in [1.165, 1.54) is 4.88 Å². The van der Waals surface area contributed by atoms with Gasteiger partial charge in [0.15, 0.2) is 6.29 Å². The third-order valence-corrected chi connectivity index (χ3v) is 3.73. The van der Waals surface area contributed by atoms with Crippen LogP contribution in [0.2, 0.25) is 0 Å². The molecule has 1 aliphatic carbocycles. The molecule has 78 valence electrons. The van der Waals surface area contributed by atoms with Gasteiger partial charge < -0.3 is 9.84 Å². The number of ether oxygens (including phenoxy) is 1. The fourth-order valence-electron chi connectivity index (χ4n) is 1.79. The number of rotatable bonds is 4. The zero-order valence-electron chi connectivity index (χ0n) is 8.43. The van der Waals surface area contributed by atoms with Crippen LogP contribution in [0.25, 0.3) is 0 Å². The Morgan fingerprint density at radius 2 is 2.57 bits per heavy atom. The summed E-state index contributed by atoms with van der Waals surface area (Å²) >= 11 is 1.68. The molecule has 0 radical (unpaired) electrons. The summed E-state index contributed by atoms with van der Waals surface area (Å²) in [5.74, 6) is 0.762. The first-order valence-corrected chi connectivity index (χ1v) is 5.81. The number of aliphatic hydroxyl groups is 1. The molecule has 0 spiro atoms. The molecular weight excluding hydrogens is 198 g/mol. The fraction of sp³-hybridized carbons (Fsp3) is 0.700. The van der Waals surface area contributed by atoms with E-state index in [1.807, 2.05) is 19.4 Å². The molecule has 1 saturated carbocycles. The van der Waals surface area contributed by atoms with Gasteiger partial charge in [0.2, 0.25) is 0 Å². The van der Waals surface area contributed by atoms with Crippen LogP contribution in [0.4, 0.5) is 0 Å². The molecule has 2 rings (SSSR count). The molecule has 3 atom stereocenters. The van der Waals surface area contributed by atoms with E-state index in [0.717, 1.165) is 12.1 Å². The van der Waals surface area contributed by atoms with Crippen LogP contribution in [0.15, 0.2) is 5.51 Å². The first-order valence-electron chi connectivity index (χ1n) is 4.93. The van der Waals surface area contributed by atoms with Crippen molar-refractivity contribution in [3.8, 4) is 0 Å². The van der Waals surface area contributed by atoms with E-state index in [2.05, 4.69) is 4.98 Å². The van der Waals surface area contributed by atoms with Crippen molar-refractivity contribution in [3.63, 3.8) is 0 Å². The molecule has 14 heavy (non-hydrogen) atoms. The number of aliphatic hydroxyl groups excluding tert-OH is 1. The molecule has 0 aromatic carbocycles. The Morgan fingerprint density at radius 3 is 3.14 bits per heavy atom. The average Bonchev–Trinajstić information content (AvgIpc) is 2.84. The van der Waals surface area contributed by atoms with Gasteiger partial charge in [0, 0.05) is 23.3 Å². The quantitative estimate of drug-likeness (QED) is 0.777. The van der Waals surface area contributed by atoms with Gasteiger partial charge in [-0.15, -0.1) is 11.3 Å². The molecule has 1 N–H and O–H groups in total. The van der Waals surface area contributed by atoms with Crippen molar-refractivity contribution in [2.45, 2.75) is 32.5 Å². The van der Waals surface area contributed by atoms with Gasteiger partial charge in [-0.1, -0.05) is 0 Å². The Morgan fingerprint density at radius 1 is 1.79 bits per heavy atom. The maximum Gasteiger partial charge on any atom is 0.157 e. The summed E-state index contributed by atoms with van der Waals surface area (Å²) in [6.45, 7) is 4.50. The Kier molecular flexibility index (Phi) is 2.85. The highest BCUT2D eigenvalue weighted by Crippen LogP contribution is 2.51. The molecule has 4 heteroatoms. The number of thiazole rings is 1. The van der Waals surface area contributed by atoms with E-state index >= 15 is 0 Å². The first-order chi connectivity index (χ1) is 6.74. The van der Waals surface area contributed by atoms with E-state index in [4.69, 9.17) is 4.74 Å². The number of aromatic nitrogens is 1. The van der Waals surface area contributed by atoms with E-state index < -0.39 is 6.29 Å². The zero-order valence-corrected chi connectivity index (χ0v) is 9.25. The first kappa shape index (κ1) is 10.1. The zero-order chi connectivity index (χ0) is 10.1. The second-order valence-electron chi connectivity index (χ2n) is 3.65. The lowest BCUT2D eigenvalue weighted by Gasteiger charge is -2.09. The monoisotopic (exact) mass is 213 g/mol. The van der Waals surface area contributed by atoms with Crippen molar-refractivity contribution in [2.75, 3.05) is 6.61 Å². The molecular formula is C10H15NO2S. The van der Waals surface area contributed by atoms with Crippen LogP contribution in [0.5, 0.6) is 0 Å². The van der Waals surface area contributed by atoms with Crippen LogP contribution >= 0.6 is 11.3 Å². The standard InChI is InChI=1S/C10H15NO2S/c1-3-13-10(12)8-4-7(8)9-6(2)11-5-14-9/h5,7-8,10,12H,3-4H2,1-2H3/t7?,8-,10?/m1/s1. The van der Waals surface area contributed by atoms with Gasteiger partial charge in [0.25, 0.3) is 0 Å². The third-order valence-electron chi connectivity index (χ3n) is 2.66. The van der Waals surface area contributed by atoms with Crippen molar-refractivity contribution in [1.82, 2.24) is 4.98 Å². The Labute approximate surface area is 87.7 Å². The normalized spacial score (nSPS) is 27.6. The topological polar surface area (TPSA) is 42.4 Å². The van der Waals surface area contributed by atoms with Crippen molar-refractivity contribution in [2.24, 2.45) is 5.92 Å². The fourth-order valence-corrected chi connectivity index (χ4v) is 2.79. The molecule has 1 aromatic rings. The van der Waals surface area contributed by atoms with E-state index in [0.29, 0.717) is 12.5 Å². The molecule has 1 aliphatic rings. The minimum Gasteiger partial charge on any atom is -0.368 e. The Balaban J connectivity index is 1.96. The van der Waals surface area contributed by atoms with Crippen molar-refractivity contribution in [1.29, 1.82) is 0 Å². The second-order valence-corrected chi connectivity index (χ2v) is 4.54. The molecule has 3 nitrogen and oxygen atoms in total. The molecule has 1 fully saturated rings. The predicted octanol–water partition coefficient (Wildman–Crippen LogP) is 1.91. The number of aryl methyl sites for hydroxylation is 1. The van der Waals surface area contributed by atoms with Gasteiger partial charge in [0.1, 0.15) is 0 Å². The predicted molar refractivity (Wildman–Crippen MR) is 55.3 cm³/mol. The van der Waals surface area contributed by atoms with Gasteiger partial charge in [-0.3, -0.25) is 0 Å². The SMILES string of the molecule is CCOC(O)[C@@H]1CC1c1scnc1C. The van der Waals surface area contributed by atoms with E-state index in [-0.39, 0.29) is 5.92 Å². The summed E-state index contributed by atoms with van der Waals surface area (Å²) in [5.41, 5.74) is 2.97. The Hall–Kier alpha value is -0.450. The summed E-state index contributed by atoms with van der Waals surface area (Å²) < 4.78 is 5.17. The smallest absolute Gasteiger partial charge is 0.157 e. The van der Waals surface area contributed by atoms with Crippen LogP contribution in [-0.4, -0.2) is 23.0 Å². The number of hydrogen-bond donors (Lipinski definition) is 1. The molecule has 1 heterocycles. The van der Waals surface area contributed by atoms with Crippen molar-refractivity contribution < 1.29 is 9.84 Å². The molecule has 1 aromatic heterocycles. The van der Waals surface area contributed by atoms with Gasteiger partial charge in [-0.05, 0) is 20.3 Å². The molecule has 0 bridgehead atoms. The average molecular weight is 213 g/mol. The summed E-state index contributed by atoms with van der Waals surface area (Å²) in [6.07, 6.45) is 0.441. The van der Waals surface area contributed by atoms with Crippen LogP contribution in [-0.2, 0) is 4.74 Å². The highest BCUT2D eigenvalue weighted by Gasteiger charge is 2.45. The van der Waals surface area contributed by atoms with Crippen LogP contribution < -0.4 is 0 Å². The maximum absolute atomic E-state index is 9.61. The second kappa shape index (κ2) is 3.96. The van der Waals surface area contributed by atoms with E-state index in [9.17, 15) is 5.11 Å². The number of hydrogen-bond acceptors (Lipinski definition) is 4. The van der Waals surface area contributed by atoms with Crippen LogP contribution in [0.3, 0.4) is 0 Å². The van der Waals surface area contributed by atoms with Gasteiger partial charge in [-0.2, -0.15) is 0 Å². The van der Waals surface area contributed by atoms with E-state index in [1.54, 1.807) is 11.3 Å². The van der Waals surface area contributed by atoms with Crippen LogP contribution in [0.1, 0.15) is 29.8 Å². The minimum absolute atomic E-state index is 0.286. The third kappa shape index (κ3) is 1.82. The Bertz CT molecular complexity index is 313. The minimum atomic E-state index is -0.591. The number of nitrogens with zero attached hydrogens (tertiary/aromatic N) is 1. The van der Waals surface area contributed by atoms with Gasteiger partial charge >= 0.3 is 0 Å². The summed E-state index contributed by atoms with van der Waals surface area (Å²) in [5, 5.41) is 9.61. The lowest BCUT2D eigenvalue weighted by Crippen LogP contribution is -2.14. The molecule has 0 saturated heterocycles. The van der Waals surface area contributed by atoms with Crippen molar-refractivity contribution in [3.05, 3.63) is 16.1 Å². The maximum atomic E-state index is 9.61. The molecule has 0 aliphatic heterocycles. The molecule has 0 amide bonds. The summed E-state index contributed by atoms with van der Waals surface area (Å²) in [6, 6.07) is 0. The van der Waals surface area contributed by atoms with Gasteiger partial charge in [-0.25, -0.2) is 4.98 Å². The highest BCUT2D eigenvalue weighted by atomic mass is 32.1. The van der Waals surface area contributed by atoms with Crippen LogP contribution in [0, 0.1) is 12.8 Å².